The summed E-state index contributed by atoms with van der Waals surface area (Å²) in [4.78, 5) is 0. The van der Waals surface area contributed by atoms with Gasteiger partial charge in [0, 0.05) is 6.42 Å². The number of hydrogen-bond acceptors (Lipinski definition) is 2. The van der Waals surface area contributed by atoms with Gasteiger partial charge in [0.25, 0.3) is 0 Å². The lowest BCUT2D eigenvalue weighted by atomic mass is 10.1. The maximum atomic E-state index is 4.17. The van der Waals surface area contributed by atoms with Crippen LogP contribution in [0.4, 0.5) is 0 Å². The van der Waals surface area contributed by atoms with Crippen LogP contribution in [0.3, 0.4) is 0 Å². The van der Waals surface area contributed by atoms with Crippen molar-refractivity contribution >= 4 is 6.08 Å². The van der Waals surface area contributed by atoms with Crippen LogP contribution in [0.2, 0.25) is 0 Å². The zero-order chi connectivity index (χ0) is 8.55. The van der Waals surface area contributed by atoms with E-state index in [9.17, 15) is 0 Å². The molecule has 0 saturated carbocycles. The molecule has 12 heavy (non-hydrogen) atoms. The Morgan fingerprint density at radius 2 is 2.17 bits per heavy atom. The van der Waals surface area contributed by atoms with E-state index in [1.165, 1.54) is 5.56 Å². The second-order valence-electron chi connectivity index (χ2n) is 3.43. The number of nitrogens with zero attached hydrogens (tertiary/aromatic N) is 2. The maximum Gasteiger partial charge on any atom is 0.0741 e. The molecule has 2 nitrogen and oxygen atoms in total. The molecule has 0 atom stereocenters. The van der Waals surface area contributed by atoms with Crippen LogP contribution in [0, 0.1) is 0 Å². The van der Waals surface area contributed by atoms with Crippen molar-refractivity contribution in [3.05, 3.63) is 29.1 Å². The molecular formula is C10H12N2. The van der Waals surface area contributed by atoms with E-state index in [0.29, 0.717) is 5.92 Å². The van der Waals surface area contributed by atoms with E-state index in [0.717, 1.165) is 17.8 Å². The van der Waals surface area contributed by atoms with E-state index < -0.39 is 0 Å². The summed E-state index contributed by atoms with van der Waals surface area (Å²) in [5.41, 5.74) is 3.44. The monoisotopic (exact) mass is 160 g/mol. The highest BCUT2D eigenvalue weighted by Crippen LogP contribution is 2.19. The Kier molecular flexibility index (Phi) is 1.68. The Hall–Kier alpha value is -1.18. The first-order valence-corrected chi connectivity index (χ1v) is 4.30. The summed E-state index contributed by atoms with van der Waals surface area (Å²) in [5.74, 6) is 0.469. The second kappa shape index (κ2) is 2.70. The van der Waals surface area contributed by atoms with E-state index >= 15 is 0 Å². The normalized spacial score (nSPS) is 13.9. The van der Waals surface area contributed by atoms with Gasteiger partial charge in [-0.05, 0) is 17.5 Å². The third-order valence-corrected chi connectivity index (χ3v) is 2.12. The SMILES string of the molecule is CC(C)c1cc2c(nn1)CC=C2. The fourth-order valence-corrected chi connectivity index (χ4v) is 1.33. The van der Waals surface area contributed by atoms with E-state index in [2.05, 4.69) is 42.3 Å². The van der Waals surface area contributed by atoms with Crippen LogP contribution in [0.15, 0.2) is 12.1 Å². The molecule has 0 aliphatic heterocycles. The number of allylic oxidation sites excluding steroid dienone is 1. The Bertz CT molecular complexity index is 327. The lowest BCUT2D eigenvalue weighted by Crippen LogP contribution is -1.99. The molecular weight excluding hydrogens is 148 g/mol. The predicted octanol–water partition coefficient (Wildman–Crippen LogP) is 2.17. The maximum absolute atomic E-state index is 4.17. The van der Waals surface area contributed by atoms with E-state index in [1.54, 1.807) is 0 Å². The number of fused-ring (bicyclic) bond motifs is 1. The molecule has 0 saturated heterocycles. The van der Waals surface area contributed by atoms with Gasteiger partial charge in [0.15, 0.2) is 0 Å². The van der Waals surface area contributed by atoms with Crippen LogP contribution in [0.25, 0.3) is 6.08 Å². The summed E-state index contributed by atoms with van der Waals surface area (Å²) in [6.07, 6.45) is 5.19. The highest BCUT2D eigenvalue weighted by atomic mass is 15.1. The highest BCUT2D eigenvalue weighted by molar-refractivity contribution is 5.57. The van der Waals surface area contributed by atoms with Gasteiger partial charge in [0.1, 0.15) is 0 Å². The predicted molar refractivity (Wildman–Crippen MR) is 48.9 cm³/mol. The minimum Gasteiger partial charge on any atom is -0.155 e. The Morgan fingerprint density at radius 3 is 2.92 bits per heavy atom. The Labute approximate surface area is 72.3 Å². The quantitative estimate of drug-likeness (QED) is 0.629. The fraction of sp³-hybridized carbons (Fsp3) is 0.400. The van der Waals surface area contributed by atoms with Crippen molar-refractivity contribution in [3.8, 4) is 0 Å². The van der Waals surface area contributed by atoms with Gasteiger partial charge in [-0.2, -0.15) is 10.2 Å². The van der Waals surface area contributed by atoms with Crippen LogP contribution in [0.5, 0.6) is 0 Å². The third-order valence-electron chi connectivity index (χ3n) is 2.12. The van der Waals surface area contributed by atoms with Crippen molar-refractivity contribution in [1.29, 1.82) is 0 Å². The van der Waals surface area contributed by atoms with Gasteiger partial charge in [-0.25, -0.2) is 0 Å². The number of rotatable bonds is 1. The largest absolute Gasteiger partial charge is 0.155 e. The van der Waals surface area contributed by atoms with Crippen LogP contribution in [-0.2, 0) is 6.42 Å². The number of hydrogen-bond donors (Lipinski definition) is 0. The van der Waals surface area contributed by atoms with Gasteiger partial charge >= 0.3 is 0 Å². The van der Waals surface area contributed by atoms with Gasteiger partial charge in [-0.3, -0.25) is 0 Å². The van der Waals surface area contributed by atoms with Gasteiger partial charge in [0.2, 0.25) is 0 Å². The lowest BCUT2D eigenvalue weighted by molar-refractivity contribution is 0.773. The molecule has 1 heterocycles. The van der Waals surface area contributed by atoms with Crippen molar-refractivity contribution in [1.82, 2.24) is 10.2 Å². The molecule has 1 aliphatic rings. The molecule has 62 valence electrons. The summed E-state index contributed by atoms with van der Waals surface area (Å²) in [6.45, 7) is 4.27. The van der Waals surface area contributed by atoms with Gasteiger partial charge in [-0.15, -0.1) is 0 Å². The van der Waals surface area contributed by atoms with Gasteiger partial charge in [-0.1, -0.05) is 26.0 Å². The van der Waals surface area contributed by atoms with Crippen molar-refractivity contribution < 1.29 is 0 Å². The summed E-state index contributed by atoms with van der Waals surface area (Å²) < 4.78 is 0. The van der Waals surface area contributed by atoms with E-state index in [4.69, 9.17) is 0 Å². The summed E-state index contributed by atoms with van der Waals surface area (Å²) in [5, 5.41) is 8.33. The standard InChI is InChI=1S/C10H12N2/c1-7(2)10-6-8-4-3-5-9(8)11-12-10/h3-4,6-7H,5H2,1-2H3. The van der Waals surface area contributed by atoms with Crippen LogP contribution in [0.1, 0.15) is 36.7 Å². The minimum atomic E-state index is 0.469. The third kappa shape index (κ3) is 1.13. The number of aromatic nitrogens is 2. The van der Waals surface area contributed by atoms with Crippen LogP contribution < -0.4 is 0 Å². The van der Waals surface area contributed by atoms with Crippen molar-refractivity contribution in [2.45, 2.75) is 26.2 Å². The summed E-state index contributed by atoms with van der Waals surface area (Å²) in [6, 6.07) is 2.14. The molecule has 1 aromatic heterocycles. The smallest absolute Gasteiger partial charge is 0.0741 e. The molecule has 0 aromatic carbocycles. The first-order valence-electron chi connectivity index (χ1n) is 4.30. The Morgan fingerprint density at radius 1 is 1.33 bits per heavy atom. The van der Waals surface area contributed by atoms with E-state index in [1.807, 2.05) is 0 Å². The molecule has 0 spiro atoms. The topological polar surface area (TPSA) is 25.8 Å². The van der Waals surface area contributed by atoms with Gasteiger partial charge < -0.3 is 0 Å². The molecule has 0 unspecified atom stereocenters. The molecule has 1 aromatic rings. The van der Waals surface area contributed by atoms with Crippen LogP contribution >= 0.6 is 0 Å². The molecule has 0 amide bonds. The summed E-state index contributed by atoms with van der Waals surface area (Å²) in [7, 11) is 0. The van der Waals surface area contributed by atoms with Crippen molar-refractivity contribution in [3.63, 3.8) is 0 Å². The molecule has 2 rings (SSSR count). The van der Waals surface area contributed by atoms with E-state index in [-0.39, 0.29) is 0 Å². The average Bonchev–Trinajstić information content (AvgIpc) is 2.49. The molecule has 0 fully saturated rings. The van der Waals surface area contributed by atoms with Crippen molar-refractivity contribution in [2.24, 2.45) is 0 Å². The first-order chi connectivity index (χ1) is 5.77. The molecule has 0 radical (unpaired) electrons. The summed E-state index contributed by atoms with van der Waals surface area (Å²) >= 11 is 0. The molecule has 0 N–H and O–H groups in total. The Balaban J connectivity index is 2.44. The highest BCUT2D eigenvalue weighted by Gasteiger charge is 2.09. The fourth-order valence-electron chi connectivity index (χ4n) is 1.33. The minimum absolute atomic E-state index is 0.469. The van der Waals surface area contributed by atoms with Crippen LogP contribution in [-0.4, -0.2) is 10.2 Å². The molecule has 0 bridgehead atoms. The first kappa shape index (κ1) is 7.47. The van der Waals surface area contributed by atoms with Crippen molar-refractivity contribution in [2.75, 3.05) is 0 Å². The second-order valence-corrected chi connectivity index (χ2v) is 3.43. The zero-order valence-electron chi connectivity index (χ0n) is 7.41. The molecule has 1 aliphatic carbocycles. The average molecular weight is 160 g/mol. The zero-order valence-corrected chi connectivity index (χ0v) is 7.41. The van der Waals surface area contributed by atoms with Gasteiger partial charge in [0.05, 0.1) is 11.4 Å². The lowest BCUT2D eigenvalue weighted by Gasteiger charge is -2.04. The molecule has 2 heteroatoms.